The topological polar surface area (TPSA) is 26.3 Å². The lowest BCUT2D eigenvalue weighted by atomic mass is 10.1. The second-order valence-electron chi connectivity index (χ2n) is 2.84. The van der Waals surface area contributed by atoms with Gasteiger partial charge < -0.3 is 4.74 Å². The van der Waals surface area contributed by atoms with Gasteiger partial charge in [-0.15, -0.1) is 0 Å². The molecular weight excluding hydrogens is 128 g/mol. The van der Waals surface area contributed by atoms with Gasteiger partial charge >= 0.3 is 0 Å². The molecule has 1 rings (SSSR count). The predicted octanol–water partition coefficient (Wildman–Crippen LogP) is 1.52. The Hall–Kier alpha value is -0.790. The summed E-state index contributed by atoms with van der Waals surface area (Å²) in [4.78, 5) is 10.6. The Morgan fingerprint density at radius 3 is 2.90 bits per heavy atom. The molecular formula is C8H12O2. The quantitative estimate of drug-likeness (QED) is 0.516. The molecule has 0 saturated carbocycles. The Balaban J connectivity index is 2.51. The lowest BCUT2D eigenvalue weighted by Gasteiger charge is -1.93. The maximum absolute atomic E-state index is 10.6. The lowest BCUT2D eigenvalue weighted by Crippen LogP contribution is -1.88. The molecule has 1 saturated heterocycles. The normalized spacial score (nSPS) is 28.6. The molecule has 0 spiro atoms. The van der Waals surface area contributed by atoms with E-state index in [-0.39, 0.29) is 5.78 Å². The van der Waals surface area contributed by atoms with Crippen LogP contribution in [0.2, 0.25) is 0 Å². The number of carbonyl (C=O) groups excluding carboxylic acids is 1. The Morgan fingerprint density at radius 2 is 2.50 bits per heavy atom. The van der Waals surface area contributed by atoms with Crippen molar-refractivity contribution in [2.45, 2.75) is 20.3 Å². The summed E-state index contributed by atoms with van der Waals surface area (Å²) in [7, 11) is 0. The average Bonchev–Trinajstić information content (AvgIpc) is 2.13. The van der Waals surface area contributed by atoms with Crippen LogP contribution in [0.3, 0.4) is 0 Å². The first-order chi connectivity index (χ1) is 4.68. The summed E-state index contributed by atoms with van der Waals surface area (Å²) in [5, 5.41) is 0. The van der Waals surface area contributed by atoms with Crippen molar-refractivity contribution in [2.75, 3.05) is 6.61 Å². The molecule has 0 N–H and O–H groups in total. The molecule has 1 unspecified atom stereocenters. The molecule has 1 heterocycles. The van der Waals surface area contributed by atoms with Gasteiger partial charge in [0, 0.05) is 12.5 Å². The highest BCUT2D eigenvalue weighted by molar-refractivity contribution is 5.87. The zero-order chi connectivity index (χ0) is 7.56. The van der Waals surface area contributed by atoms with Crippen LogP contribution in [0.5, 0.6) is 0 Å². The van der Waals surface area contributed by atoms with Gasteiger partial charge in [0.05, 0.1) is 12.4 Å². The van der Waals surface area contributed by atoms with Gasteiger partial charge in [0.15, 0.2) is 5.78 Å². The number of allylic oxidation sites excluding steroid dienone is 2. The van der Waals surface area contributed by atoms with Gasteiger partial charge in [-0.3, -0.25) is 4.79 Å². The highest BCUT2D eigenvalue weighted by atomic mass is 16.5. The summed E-state index contributed by atoms with van der Waals surface area (Å²) < 4.78 is 5.22. The molecule has 1 aliphatic rings. The fourth-order valence-corrected chi connectivity index (χ4v) is 1.04. The van der Waals surface area contributed by atoms with E-state index in [0.717, 1.165) is 18.8 Å². The Bertz CT molecular complexity index is 170. The molecule has 56 valence electrons. The number of carbonyl (C=O) groups is 1. The van der Waals surface area contributed by atoms with E-state index in [1.54, 1.807) is 13.0 Å². The van der Waals surface area contributed by atoms with E-state index < -0.39 is 0 Å². The van der Waals surface area contributed by atoms with Gasteiger partial charge in [-0.2, -0.15) is 0 Å². The first kappa shape index (κ1) is 7.32. The fraction of sp³-hybridized carbons (Fsp3) is 0.625. The summed E-state index contributed by atoms with van der Waals surface area (Å²) in [6.45, 7) is 4.42. The molecule has 0 aliphatic carbocycles. The zero-order valence-electron chi connectivity index (χ0n) is 6.39. The highest BCUT2D eigenvalue weighted by Crippen LogP contribution is 2.21. The maximum atomic E-state index is 10.6. The summed E-state index contributed by atoms with van der Waals surface area (Å²) in [6, 6.07) is 0. The summed E-state index contributed by atoms with van der Waals surface area (Å²) in [5.41, 5.74) is 0. The van der Waals surface area contributed by atoms with Gasteiger partial charge in [-0.1, -0.05) is 6.92 Å². The number of hydrogen-bond donors (Lipinski definition) is 0. The van der Waals surface area contributed by atoms with E-state index in [4.69, 9.17) is 4.74 Å². The van der Waals surface area contributed by atoms with Crippen LogP contribution in [0.4, 0.5) is 0 Å². The standard InChI is InChI=1S/C8H12O2/c1-6-3-8(10-5-6)4-7(2)9/h4,6H,3,5H2,1-2H3/b8-4+. The van der Waals surface area contributed by atoms with Crippen molar-refractivity contribution in [3.8, 4) is 0 Å². The van der Waals surface area contributed by atoms with Crippen molar-refractivity contribution in [1.29, 1.82) is 0 Å². The van der Waals surface area contributed by atoms with Crippen LogP contribution in [0.1, 0.15) is 20.3 Å². The number of rotatable bonds is 1. The van der Waals surface area contributed by atoms with E-state index in [1.165, 1.54) is 0 Å². The molecule has 1 fully saturated rings. The van der Waals surface area contributed by atoms with Gasteiger partial charge in [-0.05, 0) is 12.8 Å². The highest BCUT2D eigenvalue weighted by Gasteiger charge is 2.15. The van der Waals surface area contributed by atoms with Gasteiger partial charge in [0.25, 0.3) is 0 Å². The first-order valence-electron chi connectivity index (χ1n) is 3.52. The third kappa shape index (κ3) is 1.87. The maximum Gasteiger partial charge on any atom is 0.155 e. The SMILES string of the molecule is CC(=O)/C=C1\CC(C)CO1. The van der Waals surface area contributed by atoms with Crippen LogP contribution in [0, 0.1) is 5.92 Å². The third-order valence-corrected chi connectivity index (χ3v) is 1.47. The summed E-state index contributed by atoms with van der Waals surface area (Å²) >= 11 is 0. The smallest absolute Gasteiger partial charge is 0.155 e. The van der Waals surface area contributed by atoms with Crippen LogP contribution in [-0.4, -0.2) is 12.4 Å². The van der Waals surface area contributed by atoms with Crippen molar-refractivity contribution < 1.29 is 9.53 Å². The minimum absolute atomic E-state index is 0.0732. The van der Waals surface area contributed by atoms with Crippen molar-refractivity contribution in [1.82, 2.24) is 0 Å². The molecule has 0 aromatic carbocycles. The Kier molecular flexibility index (Phi) is 2.10. The predicted molar refractivity (Wildman–Crippen MR) is 38.5 cm³/mol. The number of hydrogen-bond acceptors (Lipinski definition) is 2. The molecule has 2 heteroatoms. The van der Waals surface area contributed by atoms with E-state index in [1.807, 2.05) is 0 Å². The number of ketones is 1. The Morgan fingerprint density at radius 1 is 1.80 bits per heavy atom. The fourth-order valence-electron chi connectivity index (χ4n) is 1.04. The van der Waals surface area contributed by atoms with Crippen molar-refractivity contribution >= 4 is 5.78 Å². The summed E-state index contributed by atoms with van der Waals surface area (Å²) in [5.74, 6) is 1.50. The van der Waals surface area contributed by atoms with Crippen LogP contribution >= 0.6 is 0 Å². The van der Waals surface area contributed by atoms with Gasteiger partial charge in [0.1, 0.15) is 0 Å². The molecule has 0 radical (unpaired) electrons. The molecule has 0 bridgehead atoms. The van der Waals surface area contributed by atoms with E-state index in [2.05, 4.69) is 6.92 Å². The Labute approximate surface area is 60.9 Å². The second-order valence-corrected chi connectivity index (χ2v) is 2.84. The van der Waals surface area contributed by atoms with E-state index in [0.29, 0.717) is 5.92 Å². The minimum atomic E-state index is 0.0732. The van der Waals surface area contributed by atoms with Crippen LogP contribution < -0.4 is 0 Å². The van der Waals surface area contributed by atoms with Gasteiger partial charge in [-0.25, -0.2) is 0 Å². The second kappa shape index (κ2) is 2.86. The lowest BCUT2D eigenvalue weighted by molar-refractivity contribution is -0.112. The van der Waals surface area contributed by atoms with Crippen LogP contribution in [0.25, 0.3) is 0 Å². The molecule has 0 aromatic heterocycles. The minimum Gasteiger partial charge on any atom is -0.498 e. The molecule has 10 heavy (non-hydrogen) atoms. The van der Waals surface area contributed by atoms with Crippen molar-refractivity contribution in [3.63, 3.8) is 0 Å². The molecule has 0 aromatic rings. The summed E-state index contributed by atoms with van der Waals surface area (Å²) in [6.07, 6.45) is 2.49. The zero-order valence-corrected chi connectivity index (χ0v) is 6.39. The largest absolute Gasteiger partial charge is 0.498 e. The van der Waals surface area contributed by atoms with Crippen LogP contribution in [-0.2, 0) is 9.53 Å². The average molecular weight is 140 g/mol. The third-order valence-electron chi connectivity index (χ3n) is 1.47. The molecule has 1 atom stereocenters. The number of ether oxygens (including phenoxy) is 1. The monoisotopic (exact) mass is 140 g/mol. The van der Waals surface area contributed by atoms with Crippen molar-refractivity contribution in [2.24, 2.45) is 5.92 Å². The molecule has 0 amide bonds. The van der Waals surface area contributed by atoms with E-state index >= 15 is 0 Å². The molecule has 1 aliphatic heterocycles. The molecule has 2 nitrogen and oxygen atoms in total. The van der Waals surface area contributed by atoms with E-state index in [9.17, 15) is 4.79 Å². The first-order valence-corrected chi connectivity index (χ1v) is 3.52. The van der Waals surface area contributed by atoms with Crippen molar-refractivity contribution in [3.05, 3.63) is 11.8 Å². The van der Waals surface area contributed by atoms with Crippen LogP contribution in [0.15, 0.2) is 11.8 Å². The van der Waals surface area contributed by atoms with Gasteiger partial charge in [0.2, 0.25) is 0 Å².